The van der Waals surface area contributed by atoms with Crippen LogP contribution in [-0.4, -0.2) is 58.3 Å². The van der Waals surface area contributed by atoms with E-state index < -0.39 is 0 Å². The number of methoxy groups -OCH3 is 1. The van der Waals surface area contributed by atoms with Gasteiger partial charge in [-0.05, 0) is 48.1 Å². The second-order valence-corrected chi connectivity index (χ2v) is 11.5. The van der Waals surface area contributed by atoms with Crippen LogP contribution in [0.3, 0.4) is 0 Å². The molecule has 6 rings (SSSR count). The summed E-state index contributed by atoms with van der Waals surface area (Å²) in [6.07, 6.45) is 7.50. The highest BCUT2D eigenvalue weighted by atomic mass is 32.1. The Morgan fingerprint density at radius 1 is 1.21 bits per heavy atom. The van der Waals surface area contributed by atoms with Gasteiger partial charge in [0.15, 0.2) is 0 Å². The van der Waals surface area contributed by atoms with Crippen LogP contribution < -0.4 is 21.3 Å². The number of nitrogens with zero attached hydrogens (tertiary/aromatic N) is 4. The number of ether oxygens (including phenoxy) is 1. The predicted molar refractivity (Wildman–Crippen MR) is 171 cm³/mol. The summed E-state index contributed by atoms with van der Waals surface area (Å²) >= 11 is 1.61. The quantitative estimate of drug-likeness (QED) is 0.140. The lowest BCUT2D eigenvalue weighted by Gasteiger charge is -2.28. The van der Waals surface area contributed by atoms with Crippen LogP contribution in [0.1, 0.15) is 28.9 Å². The zero-order chi connectivity index (χ0) is 29.4. The molecule has 0 saturated carbocycles. The van der Waals surface area contributed by atoms with Gasteiger partial charge < -0.3 is 20.1 Å². The number of aromatic nitrogens is 2. The minimum absolute atomic E-state index is 0.180. The van der Waals surface area contributed by atoms with Crippen molar-refractivity contribution in [3.8, 4) is 16.9 Å². The predicted octanol–water partition coefficient (Wildman–Crippen LogP) is 5.04. The lowest BCUT2D eigenvalue weighted by atomic mass is 10.0. The fourth-order valence-electron chi connectivity index (χ4n) is 5.62. The molecular weight excluding hydrogens is 548 g/mol. The van der Waals surface area contributed by atoms with Crippen molar-refractivity contribution in [1.29, 1.82) is 0 Å². The van der Waals surface area contributed by atoms with Crippen molar-refractivity contribution in [1.82, 2.24) is 14.5 Å². The number of hydrazine groups is 1. The van der Waals surface area contributed by atoms with Crippen LogP contribution in [0.5, 0.6) is 5.75 Å². The molecule has 5 N–H and O–H groups in total. The molecule has 10 heteroatoms. The van der Waals surface area contributed by atoms with Crippen molar-refractivity contribution >= 4 is 55.8 Å². The number of aliphatic hydroxyl groups excluding tert-OH is 1. The van der Waals surface area contributed by atoms with Crippen LogP contribution in [0, 0.1) is 0 Å². The van der Waals surface area contributed by atoms with Crippen molar-refractivity contribution in [3.63, 3.8) is 0 Å². The van der Waals surface area contributed by atoms with Gasteiger partial charge >= 0.3 is 0 Å². The Labute approximate surface area is 248 Å². The molecule has 1 amide bonds. The maximum Gasteiger partial charge on any atom is 0.289 e. The molecule has 0 aliphatic carbocycles. The number of aliphatic hydroxyl groups is 1. The minimum Gasteiger partial charge on any atom is -0.494 e. The number of pyridine rings is 1. The minimum atomic E-state index is -0.341. The summed E-state index contributed by atoms with van der Waals surface area (Å²) in [5, 5.41) is 14.8. The number of para-hydroxylation sites is 1. The SMILES string of the molecule is COc1cc(-c2csc3c(C=CCN4CCC(O)CC4)cnc(N)c23)ccc1N(N)C(=O)c1cc2ccccc2n1C. The lowest BCUT2D eigenvalue weighted by molar-refractivity contribution is 0.0881. The van der Waals surface area contributed by atoms with Crippen LogP contribution >= 0.6 is 11.3 Å². The molecule has 5 aromatic rings. The number of carbonyl (C=O) groups is 1. The number of likely N-dealkylation sites (tertiary alicyclic amines) is 1. The number of anilines is 2. The number of nitrogen functional groups attached to an aromatic ring is 1. The third-order valence-electron chi connectivity index (χ3n) is 8.01. The first-order valence-corrected chi connectivity index (χ1v) is 14.8. The van der Waals surface area contributed by atoms with Gasteiger partial charge in [0.05, 0.1) is 13.2 Å². The number of hydrogen-bond acceptors (Lipinski definition) is 8. The van der Waals surface area contributed by atoms with Gasteiger partial charge in [0, 0.05) is 65.0 Å². The Balaban J connectivity index is 1.28. The van der Waals surface area contributed by atoms with E-state index in [2.05, 4.69) is 27.4 Å². The van der Waals surface area contributed by atoms with Crippen LogP contribution in [0.25, 0.3) is 38.2 Å². The molecule has 1 fully saturated rings. The van der Waals surface area contributed by atoms with Gasteiger partial charge in [0.25, 0.3) is 5.91 Å². The Kier molecular flexibility index (Phi) is 7.70. The molecule has 1 aliphatic heterocycles. The molecule has 0 bridgehead atoms. The van der Waals surface area contributed by atoms with Crippen molar-refractivity contribution in [3.05, 3.63) is 77.4 Å². The van der Waals surface area contributed by atoms with Gasteiger partial charge in [-0.25, -0.2) is 15.8 Å². The first kappa shape index (κ1) is 27.9. The molecule has 0 atom stereocenters. The molecule has 0 radical (unpaired) electrons. The summed E-state index contributed by atoms with van der Waals surface area (Å²) in [7, 11) is 3.41. The Bertz CT molecular complexity index is 1800. The number of nitrogens with two attached hydrogens (primary N) is 2. The summed E-state index contributed by atoms with van der Waals surface area (Å²) in [5.74, 6) is 6.97. The first-order valence-electron chi connectivity index (χ1n) is 13.9. The molecule has 216 valence electrons. The lowest BCUT2D eigenvalue weighted by Crippen LogP contribution is -2.38. The van der Waals surface area contributed by atoms with E-state index in [0.29, 0.717) is 22.9 Å². The monoisotopic (exact) mass is 582 g/mol. The Morgan fingerprint density at radius 2 is 2.00 bits per heavy atom. The molecule has 42 heavy (non-hydrogen) atoms. The number of hydrogen-bond donors (Lipinski definition) is 3. The molecule has 0 spiro atoms. The van der Waals surface area contributed by atoms with E-state index in [1.165, 1.54) is 0 Å². The van der Waals surface area contributed by atoms with E-state index in [1.807, 2.05) is 60.3 Å². The van der Waals surface area contributed by atoms with E-state index >= 15 is 0 Å². The molecule has 4 heterocycles. The topological polar surface area (TPSA) is 123 Å². The maximum atomic E-state index is 13.5. The molecule has 9 nitrogen and oxygen atoms in total. The molecule has 0 unspecified atom stereocenters. The second-order valence-electron chi connectivity index (χ2n) is 10.6. The number of thiophene rings is 1. The number of benzene rings is 2. The van der Waals surface area contributed by atoms with Crippen LogP contribution in [0.2, 0.25) is 0 Å². The smallest absolute Gasteiger partial charge is 0.289 e. The Hall–Kier alpha value is -4.22. The van der Waals surface area contributed by atoms with E-state index in [9.17, 15) is 9.90 Å². The highest BCUT2D eigenvalue weighted by Gasteiger charge is 2.23. The third-order valence-corrected chi connectivity index (χ3v) is 9.04. The number of amides is 1. The average Bonchev–Trinajstić information content (AvgIpc) is 3.61. The maximum absolute atomic E-state index is 13.5. The van der Waals surface area contributed by atoms with Gasteiger partial charge in [-0.15, -0.1) is 11.3 Å². The fraction of sp³-hybridized carbons (Fsp3) is 0.250. The summed E-state index contributed by atoms with van der Waals surface area (Å²) in [4.78, 5) is 20.3. The largest absolute Gasteiger partial charge is 0.494 e. The average molecular weight is 583 g/mol. The van der Waals surface area contributed by atoms with Crippen LogP contribution in [0.4, 0.5) is 11.5 Å². The molecule has 2 aromatic carbocycles. The van der Waals surface area contributed by atoms with Crippen molar-refractivity contribution in [2.75, 3.05) is 37.5 Å². The highest BCUT2D eigenvalue weighted by Crippen LogP contribution is 2.41. The van der Waals surface area contributed by atoms with Crippen molar-refractivity contribution in [2.24, 2.45) is 12.9 Å². The number of carbonyl (C=O) groups excluding carboxylic acids is 1. The number of aryl methyl sites for hydroxylation is 1. The molecule has 1 aliphatic rings. The van der Waals surface area contributed by atoms with Crippen LogP contribution in [-0.2, 0) is 7.05 Å². The van der Waals surface area contributed by atoms with E-state index in [4.69, 9.17) is 16.3 Å². The normalized spacial score (nSPS) is 14.8. The highest BCUT2D eigenvalue weighted by molar-refractivity contribution is 7.18. The van der Waals surface area contributed by atoms with Gasteiger partial charge in [0.2, 0.25) is 0 Å². The van der Waals surface area contributed by atoms with Gasteiger partial charge in [-0.3, -0.25) is 9.69 Å². The Morgan fingerprint density at radius 3 is 2.76 bits per heavy atom. The fourth-order valence-corrected chi connectivity index (χ4v) is 6.70. The zero-order valence-electron chi connectivity index (χ0n) is 23.7. The molecule has 1 saturated heterocycles. The number of fused-ring (bicyclic) bond motifs is 2. The summed E-state index contributed by atoms with van der Waals surface area (Å²) in [6, 6.07) is 15.2. The number of rotatable bonds is 7. The third kappa shape index (κ3) is 5.14. The van der Waals surface area contributed by atoms with Crippen molar-refractivity contribution < 1.29 is 14.6 Å². The van der Waals surface area contributed by atoms with E-state index in [0.717, 1.165) is 75.2 Å². The van der Waals surface area contributed by atoms with Gasteiger partial charge in [-0.2, -0.15) is 0 Å². The standard InChI is InChI=1S/C32H34N6O3S/c1-36-25-8-4-3-6-21(25)16-27(36)32(40)38(34)26-10-9-20(17-28(26)41-2)24-19-42-30-22(18-35-31(33)29(24)30)7-5-13-37-14-11-23(39)12-15-37/h3-10,16-19,23,39H,11-15,34H2,1-2H3,(H2,33,35). The molecule has 3 aromatic heterocycles. The van der Waals surface area contributed by atoms with Gasteiger partial charge in [-0.1, -0.05) is 36.4 Å². The summed E-state index contributed by atoms with van der Waals surface area (Å²) in [5.41, 5.74) is 11.1. The van der Waals surface area contributed by atoms with E-state index in [-0.39, 0.29) is 12.0 Å². The second kappa shape index (κ2) is 11.6. The van der Waals surface area contributed by atoms with Crippen LogP contribution in [0.15, 0.2) is 66.2 Å². The molecular formula is C32H34N6O3S. The summed E-state index contributed by atoms with van der Waals surface area (Å²) < 4.78 is 8.60. The van der Waals surface area contributed by atoms with Crippen molar-refractivity contribution in [2.45, 2.75) is 18.9 Å². The van der Waals surface area contributed by atoms with E-state index in [1.54, 1.807) is 24.5 Å². The zero-order valence-corrected chi connectivity index (χ0v) is 24.5. The number of piperidine rings is 1. The van der Waals surface area contributed by atoms with Gasteiger partial charge in [0.1, 0.15) is 22.9 Å². The first-order chi connectivity index (χ1) is 20.4. The summed E-state index contributed by atoms with van der Waals surface area (Å²) in [6.45, 7) is 2.62.